The summed E-state index contributed by atoms with van der Waals surface area (Å²) in [5, 5.41) is 58.4. The molecule has 408 valence electrons. The van der Waals surface area contributed by atoms with Crippen molar-refractivity contribution >= 4 is 114 Å². The molecule has 0 unspecified atom stereocenters. The average molecular weight is 1220 g/mol. The van der Waals surface area contributed by atoms with Gasteiger partial charge in [-0.05, 0) is 120 Å². The maximum Gasteiger partial charge on any atom is 0.308 e. The zero-order chi connectivity index (χ0) is 55.3. The van der Waals surface area contributed by atoms with Gasteiger partial charge in [-0.25, -0.2) is 0 Å². The minimum Gasteiger partial charge on any atom is -0.508 e. The van der Waals surface area contributed by atoms with Crippen molar-refractivity contribution in [1.29, 1.82) is 0 Å². The molecule has 6 rings (SSSR count). The summed E-state index contributed by atoms with van der Waals surface area (Å²) < 4.78 is 10.6. The second-order valence-corrected chi connectivity index (χ2v) is 19.9. The Bertz CT molecular complexity index is 2630. The van der Waals surface area contributed by atoms with Gasteiger partial charge in [0.25, 0.3) is 11.8 Å². The first-order valence-electron chi connectivity index (χ1n) is 24.4. The summed E-state index contributed by atoms with van der Waals surface area (Å²) in [5.74, 6) is -2.60. The molecule has 0 saturated heterocycles. The molecule has 0 aliphatic carbocycles. The van der Waals surface area contributed by atoms with Crippen molar-refractivity contribution in [3.05, 3.63) is 102 Å². The first-order valence-corrected chi connectivity index (χ1v) is 26.8. The van der Waals surface area contributed by atoms with E-state index in [2.05, 4.69) is 73.7 Å². The average Bonchev–Trinajstić information content (AvgIpc) is 3.79. The van der Waals surface area contributed by atoms with Gasteiger partial charge in [-0.15, -0.1) is 0 Å². The zero-order valence-corrected chi connectivity index (χ0v) is 46.4. The normalized spacial score (nSPS) is 14.0. The third kappa shape index (κ3) is 19.5. The van der Waals surface area contributed by atoms with E-state index in [1.54, 1.807) is 26.0 Å². The Kier molecular flexibility index (Phi) is 23.9. The van der Waals surface area contributed by atoms with E-state index in [9.17, 15) is 49.2 Å². The van der Waals surface area contributed by atoms with Gasteiger partial charge in [0, 0.05) is 81.7 Å². The molecule has 76 heavy (non-hydrogen) atoms. The summed E-state index contributed by atoms with van der Waals surface area (Å²) in [7, 11) is 0. The van der Waals surface area contributed by atoms with Gasteiger partial charge in [0.1, 0.15) is 34.7 Å². The van der Waals surface area contributed by atoms with Crippen LogP contribution in [0.15, 0.2) is 79.6 Å². The molecule has 2 aliphatic heterocycles. The maximum absolute atomic E-state index is 12.8. The van der Waals surface area contributed by atoms with Crippen molar-refractivity contribution in [3.8, 4) is 23.0 Å². The molecule has 24 heteroatoms. The van der Waals surface area contributed by atoms with E-state index < -0.39 is 60.7 Å². The topological polar surface area (TPSA) is 299 Å². The molecule has 0 radical (unpaired) electrons. The van der Waals surface area contributed by atoms with Crippen LogP contribution >= 0.6 is 55.1 Å². The quantitative estimate of drug-likeness (QED) is 0.0416. The van der Waals surface area contributed by atoms with Gasteiger partial charge in [0.05, 0.1) is 60.2 Å². The summed E-state index contributed by atoms with van der Waals surface area (Å²) in [6.07, 6.45) is 7.29. The second-order valence-electron chi connectivity index (χ2n) is 17.3. The number of carbonyl (C=O) groups excluding carboxylic acids is 6. The number of anilines is 2. The molecule has 2 heterocycles. The molecule has 20 nitrogen and oxygen atoms in total. The molecule has 0 aromatic heterocycles. The van der Waals surface area contributed by atoms with Gasteiger partial charge in [0.2, 0.25) is 11.8 Å². The predicted molar refractivity (Wildman–Crippen MR) is 296 cm³/mol. The van der Waals surface area contributed by atoms with Crippen molar-refractivity contribution in [2.75, 3.05) is 50.0 Å². The standard InChI is InChI=1S/2C26H30BrClN4O6/c2*1-2-38-24(35)13-21(19-10-16(28)11-20(27)25(19)36)32-23(34)14-30-26(37)15-8-17(12-18(33)9-15)31-22-6-4-3-5-7-29-22/h2*8-12,21,33,36H,2-7,13-14H2,1H3,(H,29,31)(H,30,37)(H,32,34)/t2*21-/m11/s1. The number of carbonyl (C=O) groups is 6. The van der Waals surface area contributed by atoms with Gasteiger partial charge in [-0.1, -0.05) is 36.0 Å². The molecule has 4 aromatic rings. The van der Waals surface area contributed by atoms with E-state index in [1.165, 1.54) is 48.5 Å². The van der Waals surface area contributed by atoms with Crippen LogP contribution in [-0.4, -0.2) is 107 Å². The lowest BCUT2D eigenvalue weighted by molar-refractivity contribution is -0.145. The lowest BCUT2D eigenvalue weighted by atomic mass is 10.0. The highest BCUT2D eigenvalue weighted by molar-refractivity contribution is 9.11. The zero-order valence-electron chi connectivity index (χ0n) is 41.7. The van der Waals surface area contributed by atoms with E-state index in [0.717, 1.165) is 76.1 Å². The molecular weight excluding hydrogens is 1160 g/mol. The number of nitrogens with zero attached hydrogens (tertiary/aromatic N) is 2. The number of amidine groups is 2. The lowest BCUT2D eigenvalue weighted by Gasteiger charge is -2.20. The van der Waals surface area contributed by atoms with Crippen LogP contribution in [0.2, 0.25) is 10.0 Å². The largest absolute Gasteiger partial charge is 0.508 e. The summed E-state index contributed by atoms with van der Waals surface area (Å²) >= 11 is 18.6. The number of amides is 4. The second kappa shape index (κ2) is 30.2. The highest BCUT2D eigenvalue weighted by Gasteiger charge is 2.26. The fraction of sp³-hybridized carbons (Fsp3) is 0.385. The Morgan fingerprint density at radius 3 is 1.34 bits per heavy atom. The van der Waals surface area contributed by atoms with Gasteiger partial charge in [-0.2, -0.15) is 0 Å². The highest BCUT2D eigenvalue weighted by atomic mass is 79.9. The Labute approximate surface area is 466 Å². The third-order valence-corrected chi connectivity index (χ3v) is 13.0. The number of ether oxygens (including phenoxy) is 2. The van der Waals surface area contributed by atoms with Crippen LogP contribution in [0.4, 0.5) is 11.4 Å². The molecule has 0 fully saturated rings. The van der Waals surface area contributed by atoms with E-state index in [0.29, 0.717) is 20.3 Å². The molecule has 0 saturated carbocycles. The number of phenolic OH excluding ortho intramolecular Hbond substituents is 4. The smallest absolute Gasteiger partial charge is 0.308 e. The van der Waals surface area contributed by atoms with Gasteiger partial charge < -0.3 is 61.8 Å². The monoisotopic (exact) mass is 1220 g/mol. The number of phenols is 4. The Hall–Kier alpha value is -6.62. The first kappa shape index (κ1) is 60.2. The highest BCUT2D eigenvalue weighted by Crippen LogP contribution is 2.38. The number of rotatable bonds is 18. The number of hydrogen-bond acceptors (Lipinski definition) is 16. The number of aromatic hydroxyl groups is 4. The molecule has 0 spiro atoms. The van der Waals surface area contributed by atoms with Crippen LogP contribution < -0.4 is 31.9 Å². The number of halogens is 4. The maximum atomic E-state index is 12.8. The van der Waals surface area contributed by atoms with Crippen molar-refractivity contribution in [1.82, 2.24) is 21.3 Å². The van der Waals surface area contributed by atoms with Crippen LogP contribution in [0.25, 0.3) is 0 Å². The van der Waals surface area contributed by atoms with Gasteiger partial charge in [0.15, 0.2) is 0 Å². The Morgan fingerprint density at radius 2 is 0.961 bits per heavy atom. The first-order chi connectivity index (χ1) is 36.3. The lowest BCUT2D eigenvalue weighted by Crippen LogP contribution is -2.39. The number of aliphatic imine (C=N–C) groups is 2. The Balaban J connectivity index is 0.000000281. The van der Waals surface area contributed by atoms with Gasteiger partial charge in [-0.3, -0.25) is 38.8 Å². The molecule has 2 aliphatic rings. The van der Waals surface area contributed by atoms with Crippen LogP contribution in [0.5, 0.6) is 23.0 Å². The van der Waals surface area contributed by atoms with Crippen LogP contribution in [0, 0.1) is 0 Å². The molecular formula is C52H60Br2Cl2N8O12. The minimum absolute atomic E-state index is 0.115. The summed E-state index contributed by atoms with van der Waals surface area (Å²) in [5.41, 5.74) is 1.74. The SMILES string of the molecule is CCOC(=O)C[C@@H](NC(=O)CNC(=O)c1cc(O)cc(NC2=NCCCCC2)c1)c1cc(Cl)cc(Br)c1O.CCOC(=O)C[C@@H](NC(=O)CNC(=O)c1cc(O)cc(NC2=NCCCCC2)c1)c1cc(Cl)cc(Br)c1O. The van der Waals surface area contributed by atoms with Crippen molar-refractivity contribution in [3.63, 3.8) is 0 Å². The van der Waals surface area contributed by atoms with E-state index in [-0.39, 0.29) is 81.4 Å². The number of benzene rings is 4. The molecule has 4 aromatic carbocycles. The van der Waals surface area contributed by atoms with E-state index in [1.807, 2.05) is 0 Å². The van der Waals surface area contributed by atoms with E-state index in [4.69, 9.17) is 32.7 Å². The molecule has 0 bridgehead atoms. The summed E-state index contributed by atoms with van der Waals surface area (Å²) in [6, 6.07) is 12.6. The molecule has 4 amide bonds. The fourth-order valence-electron chi connectivity index (χ4n) is 7.88. The predicted octanol–water partition coefficient (Wildman–Crippen LogP) is 8.88. The van der Waals surface area contributed by atoms with Crippen LogP contribution in [-0.2, 0) is 28.7 Å². The molecule has 2 atom stereocenters. The van der Waals surface area contributed by atoms with Crippen molar-refractivity contribution in [2.24, 2.45) is 9.98 Å². The minimum atomic E-state index is -0.967. The Morgan fingerprint density at radius 1 is 0.566 bits per heavy atom. The van der Waals surface area contributed by atoms with Crippen LogP contribution in [0.3, 0.4) is 0 Å². The summed E-state index contributed by atoms with van der Waals surface area (Å²) in [4.78, 5) is 84.3. The number of nitrogens with one attached hydrogen (secondary N) is 6. The number of hydrogen-bond donors (Lipinski definition) is 10. The molecule has 10 N–H and O–H groups in total. The van der Waals surface area contributed by atoms with Gasteiger partial charge >= 0.3 is 11.9 Å². The van der Waals surface area contributed by atoms with Crippen LogP contribution in [0.1, 0.15) is 122 Å². The number of esters is 2. The van der Waals surface area contributed by atoms with Crippen molar-refractivity contribution < 1.29 is 58.7 Å². The third-order valence-electron chi connectivity index (χ3n) is 11.4. The summed E-state index contributed by atoms with van der Waals surface area (Å²) in [6.45, 7) is 4.21. The van der Waals surface area contributed by atoms with Crippen molar-refractivity contribution in [2.45, 2.75) is 90.1 Å². The fourth-order valence-corrected chi connectivity index (χ4v) is 9.55. The van der Waals surface area contributed by atoms with E-state index >= 15 is 0 Å².